The molecule has 0 unspecified atom stereocenters. The van der Waals surface area contributed by atoms with Crippen molar-refractivity contribution in [3.05, 3.63) is 64.5 Å². The summed E-state index contributed by atoms with van der Waals surface area (Å²) in [6.07, 6.45) is 1.83. The molecule has 0 fully saturated rings. The molecule has 0 bridgehead atoms. The second-order valence-electron chi connectivity index (χ2n) is 4.59. The number of benzene rings is 1. The zero-order valence-corrected chi connectivity index (χ0v) is 11.4. The molecule has 6 heteroatoms. The third-order valence-electron chi connectivity index (χ3n) is 3.29. The number of para-hydroxylation sites is 1. The van der Waals surface area contributed by atoms with Crippen LogP contribution in [0.25, 0.3) is 10.9 Å². The largest absolute Gasteiger partial charge is 0.481 e. The number of hydrogen-bond donors (Lipinski definition) is 0. The van der Waals surface area contributed by atoms with E-state index >= 15 is 0 Å². The van der Waals surface area contributed by atoms with Gasteiger partial charge in [0, 0.05) is 23.7 Å². The number of nitrogens with zero attached hydrogens (tertiary/aromatic N) is 3. The van der Waals surface area contributed by atoms with Crippen molar-refractivity contribution in [1.82, 2.24) is 9.55 Å². The third kappa shape index (κ3) is 2.43. The maximum atomic E-state index is 11.2. The van der Waals surface area contributed by atoms with E-state index in [-0.39, 0.29) is 10.6 Å². The molecule has 6 nitrogen and oxygen atoms in total. The summed E-state index contributed by atoms with van der Waals surface area (Å²) in [5, 5.41) is 12.0. The Kier molecular flexibility index (Phi) is 3.27. The van der Waals surface area contributed by atoms with E-state index in [1.54, 1.807) is 19.2 Å². The molecule has 0 N–H and O–H groups in total. The number of pyridine rings is 1. The molecular formula is C15H13N3O3. The van der Waals surface area contributed by atoms with E-state index in [0.717, 1.165) is 11.1 Å². The standard InChI is InChI=1S/C15H13N3O3/c1-21-14-7-3-5-12(16-14)10-17-9-8-11-4-2-6-13(15(11)17)18(19)20/h2-9H,10H2,1H3. The Morgan fingerprint density at radius 1 is 1.24 bits per heavy atom. The summed E-state index contributed by atoms with van der Waals surface area (Å²) in [5.74, 6) is 0.526. The van der Waals surface area contributed by atoms with E-state index in [9.17, 15) is 10.1 Å². The molecule has 0 spiro atoms. The number of fused-ring (bicyclic) bond motifs is 1. The molecule has 0 amide bonds. The number of ether oxygens (including phenoxy) is 1. The number of hydrogen-bond acceptors (Lipinski definition) is 4. The molecule has 0 aliphatic rings. The highest BCUT2D eigenvalue weighted by atomic mass is 16.6. The summed E-state index contributed by atoms with van der Waals surface area (Å²) < 4.78 is 6.92. The minimum Gasteiger partial charge on any atom is -0.481 e. The highest BCUT2D eigenvalue weighted by Gasteiger charge is 2.15. The lowest BCUT2D eigenvalue weighted by Gasteiger charge is -2.07. The van der Waals surface area contributed by atoms with Gasteiger partial charge in [-0.15, -0.1) is 0 Å². The summed E-state index contributed by atoms with van der Waals surface area (Å²) in [6, 6.07) is 12.4. The quantitative estimate of drug-likeness (QED) is 0.545. The average molecular weight is 283 g/mol. The van der Waals surface area contributed by atoms with Crippen LogP contribution >= 0.6 is 0 Å². The Labute approximate surface area is 120 Å². The fourth-order valence-corrected chi connectivity index (χ4v) is 2.35. The number of nitro benzene ring substituents is 1. The number of aromatic nitrogens is 2. The fraction of sp³-hybridized carbons (Fsp3) is 0.133. The van der Waals surface area contributed by atoms with Gasteiger partial charge in [-0.25, -0.2) is 4.98 Å². The minimum absolute atomic E-state index is 0.0976. The zero-order chi connectivity index (χ0) is 14.8. The lowest BCUT2D eigenvalue weighted by atomic mass is 10.2. The van der Waals surface area contributed by atoms with Crippen LogP contribution in [0.4, 0.5) is 5.69 Å². The fourth-order valence-electron chi connectivity index (χ4n) is 2.35. The van der Waals surface area contributed by atoms with Crippen molar-refractivity contribution in [2.24, 2.45) is 0 Å². The van der Waals surface area contributed by atoms with E-state index in [1.165, 1.54) is 6.07 Å². The van der Waals surface area contributed by atoms with Gasteiger partial charge in [0.15, 0.2) is 0 Å². The summed E-state index contributed by atoms with van der Waals surface area (Å²) in [6.45, 7) is 0.450. The zero-order valence-electron chi connectivity index (χ0n) is 11.4. The van der Waals surface area contributed by atoms with Gasteiger partial charge in [0.05, 0.1) is 24.3 Å². The molecular weight excluding hydrogens is 270 g/mol. The van der Waals surface area contributed by atoms with Gasteiger partial charge >= 0.3 is 0 Å². The van der Waals surface area contributed by atoms with Gasteiger partial charge in [-0.3, -0.25) is 10.1 Å². The van der Waals surface area contributed by atoms with Crippen LogP contribution in [0, 0.1) is 10.1 Å². The van der Waals surface area contributed by atoms with Crippen molar-refractivity contribution in [2.75, 3.05) is 7.11 Å². The van der Waals surface area contributed by atoms with Gasteiger partial charge < -0.3 is 9.30 Å². The molecule has 2 aromatic heterocycles. The molecule has 1 aromatic carbocycles. The first kappa shape index (κ1) is 13.1. The highest BCUT2D eigenvalue weighted by Crippen LogP contribution is 2.27. The molecule has 3 rings (SSSR count). The van der Waals surface area contributed by atoms with Crippen LogP contribution in [0.15, 0.2) is 48.7 Å². The van der Waals surface area contributed by atoms with Crippen LogP contribution in [0.3, 0.4) is 0 Å². The lowest BCUT2D eigenvalue weighted by molar-refractivity contribution is -0.383. The molecule has 3 aromatic rings. The Bertz CT molecular complexity index is 811. The molecule has 0 saturated carbocycles. The molecule has 0 saturated heterocycles. The van der Waals surface area contributed by atoms with Gasteiger partial charge in [0.25, 0.3) is 5.69 Å². The molecule has 0 aliphatic heterocycles. The predicted octanol–water partition coefficient (Wildman–Crippen LogP) is 3.00. The molecule has 106 valence electrons. The van der Waals surface area contributed by atoms with Crippen molar-refractivity contribution < 1.29 is 9.66 Å². The van der Waals surface area contributed by atoms with E-state index in [4.69, 9.17) is 4.74 Å². The van der Waals surface area contributed by atoms with Crippen LogP contribution in [-0.4, -0.2) is 21.6 Å². The summed E-state index contributed by atoms with van der Waals surface area (Å²) in [7, 11) is 1.56. The van der Waals surface area contributed by atoms with Crippen LogP contribution in [0.2, 0.25) is 0 Å². The van der Waals surface area contributed by atoms with Gasteiger partial charge in [0.2, 0.25) is 5.88 Å². The minimum atomic E-state index is -0.363. The van der Waals surface area contributed by atoms with E-state index in [1.807, 2.05) is 35.0 Å². The van der Waals surface area contributed by atoms with Gasteiger partial charge in [-0.05, 0) is 12.1 Å². The van der Waals surface area contributed by atoms with Crippen molar-refractivity contribution in [3.63, 3.8) is 0 Å². The van der Waals surface area contributed by atoms with Gasteiger partial charge in [0.1, 0.15) is 5.52 Å². The predicted molar refractivity (Wildman–Crippen MR) is 78.5 cm³/mol. The first-order valence-corrected chi connectivity index (χ1v) is 6.41. The second-order valence-corrected chi connectivity index (χ2v) is 4.59. The Morgan fingerprint density at radius 3 is 2.81 bits per heavy atom. The van der Waals surface area contributed by atoms with Gasteiger partial charge in [-0.1, -0.05) is 18.2 Å². The Hall–Kier alpha value is -2.89. The van der Waals surface area contributed by atoms with Crippen LogP contribution < -0.4 is 4.74 Å². The number of rotatable bonds is 4. The normalized spacial score (nSPS) is 10.7. The first-order valence-electron chi connectivity index (χ1n) is 6.41. The van der Waals surface area contributed by atoms with E-state index < -0.39 is 0 Å². The maximum absolute atomic E-state index is 11.2. The van der Waals surface area contributed by atoms with Crippen molar-refractivity contribution in [3.8, 4) is 5.88 Å². The highest BCUT2D eigenvalue weighted by molar-refractivity contribution is 5.88. The second kappa shape index (κ2) is 5.24. The SMILES string of the molecule is COc1cccc(Cn2ccc3cccc([N+](=O)[O-])c32)n1. The maximum Gasteiger partial charge on any atom is 0.293 e. The third-order valence-corrected chi connectivity index (χ3v) is 3.29. The first-order chi connectivity index (χ1) is 10.2. The molecule has 0 atom stereocenters. The van der Waals surface area contributed by atoms with Crippen LogP contribution in [-0.2, 0) is 6.54 Å². The van der Waals surface area contributed by atoms with Crippen LogP contribution in [0.1, 0.15) is 5.69 Å². The van der Waals surface area contributed by atoms with Crippen LogP contribution in [0.5, 0.6) is 5.88 Å². The molecule has 21 heavy (non-hydrogen) atoms. The Balaban J connectivity index is 2.06. The van der Waals surface area contributed by atoms with E-state index in [2.05, 4.69) is 4.98 Å². The lowest BCUT2D eigenvalue weighted by Crippen LogP contribution is -2.03. The summed E-state index contributed by atoms with van der Waals surface area (Å²) in [5.41, 5.74) is 1.48. The smallest absolute Gasteiger partial charge is 0.293 e. The topological polar surface area (TPSA) is 70.2 Å². The van der Waals surface area contributed by atoms with Gasteiger partial charge in [-0.2, -0.15) is 0 Å². The molecule has 0 aliphatic carbocycles. The van der Waals surface area contributed by atoms with E-state index in [0.29, 0.717) is 17.9 Å². The number of non-ortho nitro benzene ring substituents is 1. The Morgan fingerprint density at radius 2 is 2.05 bits per heavy atom. The van der Waals surface area contributed by atoms with Crippen molar-refractivity contribution >= 4 is 16.6 Å². The molecule has 2 heterocycles. The molecule has 0 radical (unpaired) electrons. The average Bonchev–Trinajstić information content (AvgIpc) is 2.90. The number of methoxy groups -OCH3 is 1. The van der Waals surface area contributed by atoms with Crippen molar-refractivity contribution in [1.29, 1.82) is 0 Å². The monoisotopic (exact) mass is 283 g/mol. The summed E-state index contributed by atoms with van der Waals surface area (Å²) in [4.78, 5) is 15.1. The van der Waals surface area contributed by atoms with Crippen molar-refractivity contribution in [2.45, 2.75) is 6.54 Å². The summed E-state index contributed by atoms with van der Waals surface area (Å²) >= 11 is 0. The number of nitro groups is 1.